The van der Waals surface area contributed by atoms with Crippen molar-refractivity contribution in [2.75, 3.05) is 13.2 Å². The summed E-state index contributed by atoms with van der Waals surface area (Å²) < 4.78 is 12.0. The van der Waals surface area contributed by atoms with Gasteiger partial charge in [0.2, 0.25) is 0 Å². The van der Waals surface area contributed by atoms with E-state index in [1.807, 2.05) is 30.3 Å². The third-order valence-electron chi connectivity index (χ3n) is 2.68. The molecule has 4 nitrogen and oxygen atoms in total. The molecule has 0 aliphatic carbocycles. The molecule has 0 saturated heterocycles. The first-order valence-electron chi connectivity index (χ1n) is 5.72. The summed E-state index contributed by atoms with van der Waals surface area (Å²) in [5.41, 5.74) is 1.79. The topological polar surface area (TPSA) is 44.2 Å². The van der Waals surface area contributed by atoms with E-state index in [1.165, 1.54) is 0 Å². The number of hydrogen-bond donors (Lipinski definition) is 0. The molecule has 0 bridgehead atoms. The highest BCUT2D eigenvalue weighted by molar-refractivity contribution is 9.10. The molecule has 0 atom stereocenters. The largest absolute Gasteiger partial charge is 0.490 e. The monoisotopic (exact) mass is 306 g/mol. The lowest BCUT2D eigenvalue weighted by molar-refractivity contribution is 0.297. The summed E-state index contributed by atoms with van der Waals surface area (Å²) in [4.78, 5) is 0. The van der Waals surface area contributed by atoms with E-state index in [4.69, 9.17) is 9.47 Å². The first kappa shape index (κ1) is 11.5. The number of fused-ring (bicyclic) bond motifs is 1. The predicted molar refractivity (Wildman–Crippen MR) is 70.8 cm³/mol. The van der Waals surface area contributed by atoms with Crippen molar-refractivity contribution in [1.82, 2.24) is 10.2 Å². The minimum Gasteiger partial charge on any atom is -0.490 e. The molecule has 1 aliphatic rings. The minimum absolute atomic E-state index is 0.683. The lowest BCUT2D eigenvalue weighted by atomic mass is 10.1. The van der Waals surface area contributed by atoms with E-state index in [9.17, 15) is 0 Å². The zero-order valence-electron chi connectivity index (χ0n) is 9.60. The fraction of sp³-hybridized carbons (Fsp3) is 0.231. The van der Waals surface area contributed by atoms with Crippen LogP contribution in [0.1, 0.15) is 6.42 Å². The van der Waals surface area contributed by atoms with E-state index in [1.54, 1.807) is 0 Å². The second-order valence-corrected chi connectivity index (χ2v) is 4.77. The van der Waals surface area contributed by atoms with Gasteiger partial charge in [-0.05, 0) is 46.3 Å². The van der Waals surface area contributed by atoms with Gasteiger partial charge in [-0.1, -0.05) is 0 Å². The van der Waals surface area contributed by atoms with Crippen LogP contribution >= 0.6 is 15.9 Å². The van der Waals surface area contributed by atoms with Crippen molar-refractivity contribution in [1.29, 1.82) is 0 Å². The molecule has 0 N–H and O–H groups in total. The van der Waals surface area contributed by atoms with Crippen LogP contribution in [0.3, 0.4) is 0 Å². The fourth-order valence-corrected chi connectivity index (χ4v) is 2.00. The summed E-state index contributed by atoms with van der Waals surface area (Å²) in [6, 6.07) is 9.60. The predicted octanol–water partition coefficient (Wildman–Crippen LogP) is 3.07. The number of nitrogens with zero attached hydrogens (tertiary/aromatic N) is 2. The van der Waals surface area contributed by atoms with E-state index in [0.29, 0.717) is 13.2 Å². The smallest absolute Gasteiger partial charge is 0.161 e. The van der Waals surface area contributed by atoms with Gasteiger partial charge in [0.1, 0.15) is 4.60 Å². The van der Waals surface area contributed by atoms with Crippen LogP contribution in [-0.2, 0) is 0 Å². The third kappa shape index (κ3) is 2.31. The van der Waals surface area contributed by atoms with Crippen LogP contribution in [0, 0.1) is 0 Å². The molecule has 2 aromatic rings. The van der Waals surface area contributed by atoms with Crippen LogP contribution in [0.15, 0.2) is 34.9 Å². The minimum atomic E-state index is 0.683. The highest BCUT2D eigenvalue weighted by Crippen LogP contribution is 2.33. The van der Waals surface area contributed by atoms with Gasteiger partial charge in [0.05, 0.1) is 18.9 Å². The average Bonchev–Trinajstić information content (AvgIpc) is 2.64. The number of benzene rings is 1. The summed E-state index contributed by atoms with van der Waals surface area (Å²) in [7, 11) is 0. The van der Waals surface area contributed by atoms with Crippen LogP contribution in [0.4, 0.5) is 0 Å². The molecule has 18 heavy (non-hydrogen) atoms. The molecule has 1 aromatic heterocycles. The average molecular weight is 307 g/mol. The molecule has 0 saturated carbocycles. The van der Waals surface area contributed by atoms with Gasteiger partial charge in [-0.2, -0.15) is 0 Å². The molecule has 1 aromatic carbocycles. The molecule has 2 heterocycles. The van der Waals surface area contributed by atoms with E-state index in [2.05, 4.69) is 26.1 Å². The standard InChI is InChI=1S/C13H11BrN2O2/c14-13-5-3-10(15-16-13)9-2-4-11-12(8-9)18-7-1-6-17-11/h2-5,8H,1,6-7H2. The first-order valence-corrected chi connectivity index (χ1v) is 6.51. The maximum Gasteiger partial charge on any atom is 0.161 e. The summed E-state index contributed by atoms with van der Waals surface area (Å²) in [5.74, 6) is 1.57. The van der Waals surface area contributed by atoms with Gasteiger partial charge in [-0.15, -0.1) is 10.2 Å². The Bertz CT molecular complexity index is 557. The van der Waals surface area contributed by atoms with E-state index < -0.39 is 0 Å². The molecule has 3 rings (SSSR count). The van der Waals surface area contributed by atoms with Gasteiger partial charge >= 0.3 is 0 Å². The van der Waals surface area contributed by atoms with E-state index >= 15 is 0 Å². The van der Waals surface area contributed by atoms with E-state index in [0.717, 1.165) is 33.8 Å². The van der Waals surface area contributed by atoms with Crippen molar-refractivity contribution in [3.05, 3.63) is 34.9 Å². The zero-order chi connectivity index (χ0) is 12.4. The molecule has 0 unspecified atom stereocenters. The van der Waals surface area contributed by atoms with Gasteiger partial charge in [-0.3, -0.25) is 0 Å². The number of hydrogen-bond acceptors (Lipinski definition) is 4. The van der Waals surface area contributed by atoms with Gasteiger partial charge in [0.15, 0.2) is 11.5 Å². The Morgan fingerprint density at radius 3 is 2.56 bits per heavy atom. The van der Waals surface area contributed by atoms with Crippen LogP contribution < -0.4 is 9.47 Å². The highest BCUT2D eigenvalue weighted by atomic mass is 79.9. The number of ether oxygens (including phenoxy) is 2. The van der Waals surface area contributed by atoms with Gasteiger partial charge in [-0.25, -0.2) is 0 Å². The molecule has 0 spiro atoms. The molecule has 0 radical (unpaired) electrons. The van der Waals surface area contributed by atoms with Crippen molar-refractivity contribution in [2.24, 2.45) is 0 Å². The van der Waals surface area contributed by atoms with Crippen molar-refractivity contribution in [3.8, 4) is 22.8 Å². The Hall–Kier alpha value is -1.62. The summed E-state index contributed by atoms with van der Waals surface area (Å²) in [6.07, 6.45) is 0.905. The SMILES string of the molecule is Brc1ccc(-c2ccc3c(c2)OCCCO3)nn1. The summed E-state index contributed by atoms with van der Waals surface area (Å²) in [5, 5.41) is 8.11. The molecular formula is C13H11BrN2O2. The Balaban J connectivity index is 1.98. The van der Waals surface area contributed by atoms with Crippen molar-refractivity contribution in [3.63, 3.8) is 0 Å². The molecule has 1 aliphatic heterocycles. The summed E-state index contributed by atoms with van der Waals surface area (Å²) in [6.45, 7) is 1.38. The second-order valence-electron chi connectivity index (χ2n) is 3.95. The van der Waals surface area contributed by atoms with E-state index in [-0.39, 0.29) is 0 Å². The van der Waals surface area contributed by atoms with Crippen LogP contribution in [0.2, 0.25) is 0 Å². The third-order valence-corrected chi connectivity index (χ3v) is 3.10. The molecule has 5 heteroatoms. The van der Waals surface area contributed by atoms with Gasteiger partial charge in [0.25, 0.3) is 0 Å². The Morgan fingerprint density at radius 2 is 1.78 bits per heavy atom. The number of rotatable bonds is 1. The Labute approximate surface area is 113 Å². The Kier molecular flexibility index (Phi) is 3.15. The number of halogens is 1. The lowest BCUT2D eigenvalue weighted by Crippen LogP contribution is -1.97. The van der Waals surface area contributed by atoms with Crippen molar-refractivity contribution in [2.45, 2.75) is 6.42 Å². The lowest BCUT2D eigenvalue weighted by Gasteiger charge is -2.08. The molecule has 92 valence electrons. The van der Waals surface area contributed by atoms with Crippen LogP contribution in [-0.4, -0.2) is 23.4 Å². The summed E-state index contributed by atoms with van der Waals surface area (Å²) >= 11 is 3.27. The van der Waals surface area contributed by atoms with Crippen molar-refractivity contribution < 1.29 is 9.47 Å². The van der Waals surface area contributed by atoms with Crippen LogP contribution in [0.25, 0.3) is 11.3 Å². The zero-order valence-corrected chi connectivity index (χ0v) is 11.2. The fourth-order valence-electron chi connectivity index (χ4n) is 1.79. The molecular weight excluding hydrogens is 296 g/mol. The normalized spacial score (nSPS) is 14.1. The van der Waals surface area contributed by atoms with Gasteiger partial charge in [0, 0.05) is 12.0 Å². The van der Waals surface area contributed by atoms with Gasteiger partial charge < -0.3 is 9.47 Å². The first-order chi connectivity index (χ1) is 8.83. The molecule has 0 fully saturated rings. The highest BCUT2D eigenvalue weighted by Gasteiger charge is 2.11. The Morgan fingerprint density at radius 1 is 0.944 bits per heavy atom. The van der Waals surface area contributed by atoms with Crippen molar-refractivity contribution >= 4 is 15.9 Å². The number of aromatic nitrogens is 2. The van der Waals surface area contributed by atoms with Crippen LogP contribution in [0.5, 0.6) is 11.5 Å². The quantitative estimate of drug-likeness (QED) is 0.812. The maximum atomic E-state index is 5.65. The maximum absolute atomic E-state index is 5.65. The second kappa shape index (κ2) is 4.94. The molecule has 0 amide bonds.